The van der Waals surface area contributed by atoms with Gasteiger partial charge in [-0.25, -0.2) is 4.79 Å². The van der Waals surface area contributed by atoms with Crippen LogP contribution < -0.4 is 10.6 Å². The lowest BCUT2D eigenvalue weighted by Crippen LogP contribution is -2.38. The highest BCUT2D eigenvalue weighted by Crippen LogP contribution is 2.24. The van der Waals surface area contributed by atoms with Crippen LogP contribution in [0.1, 0.15) is 25.0 Å². The Balaban J connectivity index is 1.69. The zero-order chi connectivity index (χ0) is 18.7. The molecule has 5 nitrogen and oxygen atoms in total. The van der Waals surface area contributed by atoms with Crippen LogP contribution >= 0.6 is 11.6 Å². The molecule has 26 heavy (non-hydrogen) atoms. The van der Waals surface area contributed by atoms with Crippen molar-refractivity contribution in [3.05, 3.63) is 58.6 Å². The lowest BCUT2D eigenvalue weighted by molar-refractivity contribution is -0.135. The molecule has 0 saturated carbocycles. The number of benzene rings is 2. The zero-order valence-corrected chi connectivity index (χ0v) is 15.6. The highest BCUT2D eigenvalue weighted by molar-refractivity contribution is 6.33. The predicted molar refractivity (Wildman–Crippen MR) is 104 cm³/mol. The average Bonchev–Trinajstić information content (AvgIpc) is 2.62. The molecule has 3 rings (SSSR count). The molecule has 0 aliphatic carbocycles. The van der Waals surface area contributed by atoms with Crippen LogP contribution in [0.4, 0.5) is 16.2 Å². The summed E-state index contributed by atoms with van der Waals surface area (Å²) >= 11 is 6.06. The smallest absolute Gasteiger partial charge is 0.323 e. The highest BCUT2D eigenvalue weighted by Gasteiger charge is 2.22. The number of hydrogen-bond donors (Lipinski definition) is 2. The summed E-state index contributed by atoms with van der Waals surface area (Å²) in [6.07, 6.45) is 0.833. The Morgan fingerprint density at radius 3 is 2.58 bits per heavy atom. The molecule has 3 amide bonds. The van der Waals surface area contributed by atoms with Crippen molar-refractivity contribution in [2.75, 3.05) is 17.2 Å². The van der Waals surface area contributed by atoms with Crippen LogP contribution in [0, 0.1) is 5.92 Å². The molecule has 2 aromatic rings. The molecule has 1 aliphatic rings. The van der Waals surface area contributed by atoms with Crippen LogP contribution in [0.5, 0.6) is 0 Å². The fraction of sp³-hybridized carbons (Fsp3) is 0.300. The molecule has 2 N–H and O–H groups in total. The van der Waals surface area contributed by atoms with Crippen molar-refractivity contribution in [3.8, 4) is 0 Å². The standard InChI is InChI=1S/C20H22ClN3O2/c1-13(2)19(25)24-10-9-14-7-8-16(11-15(14)12-24)22-20(26)23-18-6-4-3-5-17(18)21/h3-8,11,13H,9-10,12H2,1-2H3,(H2,22,23,26). The van der Waals surface area contributed by atoms with Gasteiger partial charge in [0.1, 0.15) is 0 Å². The van der Waals surface area contributed by atoms with E-state index in [1.54, 1.807) is 24.3 Å². The Bertz CT molecular complexity index is 836. The number of carbonyl (C=O) groups excluding carboxylic acids is 2. The Labute approximate surface area is 158 Å². The Morgan fingerprint density at radius 2 is 1.85 bits per heavy atom. The van der Waals surface area contributed by atoms with Gasteiger partial charge in [-0.2, -0.15) is 0 Å². The van der Waals surface area contributed by atoms with Crippen molar-refractivity contribution in [2.24, 2.45) is 5.92 Å². The summed E-state index contributed by atoms with van der Waals surface area (Å²) in [5, 5.41) is 6.04. The molecule has 0 atom stereocenters. The average molecular weight is 372 g/mol. The number of para-hydroxylation sites is 1. The van der Waals surface area contributed by atoms with E-state index in [9.17, 15) is 9.59 Å². The predicted octanol–water partition coefficient (Wildman–Crippen LogP) is 4.52. The minimum absolute atomic E-state index is 0.0146. The molecule has 0 fully saturated rings. The van der Waals surface area contributed by atoms with E-state index in [2.05, 4.69) is 10.6 Å². The molecule has 0 spiro atoms. The number of rotatable bonds is 3. The van der Waals surface area contributed by atoms with Gasteiger partial charge in [-0.1, -0.05) is 43.6 Å². The number of hydrogen-bond acceptors (Lipinski definition) is 2. The number of nitrogens with zero attached hydrogens (tertiary/aromatic N) is 1. The minimum Gasteiger partial charge on any atom is -0.338 e. The normalized spacial score (nSPS) is 13.3. The molecule has 1 heterocycles. The van der Waals surface area contributed by atoms with Crippen molar-refractivity contribution in [2.45, 2.75) is 26.8 Å². The molecule has 2 aromatic carbocycles. The van der Waals surface area contributed by atoms with E-state index in [-0.39, 0.29) is 17.9 Å². The number of amides is 3. The maximum Gasteiger partial charge on any atom is 0.323 e. The van der Waals surface area contributed by atoms with Gasteiger partial charge in [0.2, 0.25) is 5.91 Å². The van der Waals surface area contributed by atoms with Crippen LogP contribution in [0.3, 0.4) is 0 Å². The van der Waals surface area contributed by atoms with E-state index < -0.39 is 0 Å². The number of carbonyl (C=O) groups is 2. The SMILES string of the molecule is CC(C)C(=O)N1CCc2ccc(NC(=O)Nc3ccccc3Cl)cc2C1. The number of fused-ring (bicyclic) bond motifs is 1. The summed E-state index contributed by atoms with van der Waals surface area (Å²) in [4.78, 5) is 26.3. The number of nitrogens with one attached hydrogen (secondary N) is 2. The van der Waals surface area contributed by atoms with Crippen LogP contribution in [-0.4, -0.2) is 23.4 Å². The lowest BCUT2D eigenvalue weighted by Gasteiger charge is -2.30. The third-order valence-electron chi connectivity index (χ3n) is 4.40. The second kappa shape index (κ2) is 7.79. The molecule has 6 heteroatoms. The molecule has 0 aromatic heterocycles. The van der Waals surface area contributed by atoms with Gasteiger partial charge in [-0.05, 0) is 41.8 Å². The van der Waals surface area contributed by atoms with Crippen LogP contribution in [-0.2, 0) is 17.8 Å². The topological polar surface area (TPSA) is 61.4 Å². The molecular formula is C20H22ClN3O2. The van der Waals surface area contributed by atoms with Gasteiger partial charge in [-0.3, -0.25) is 4.79 Å². The molecule has 1 aliphatic heterocycles. The molecular weight excluding hydrogens is 350 g/mol. The summed E-state index contributed by atoms with van der Waals surface area (Å²) in [7, 11) is 0. The third kappa shape index (κ3) is 4.17. The molecule has 0 unspecified atom stereocenters. The van der Waals surface area contributed by atoms with E-state index in [4.69, 9.17) is 11.6 Å². The Morgan fingerprint density at radius 1 is 1.08 bits per heavy atom. The summed E-state index contributed by atoms with van der Waals surface area (Å²) in [6, 6.07) is 12.5. The Hall–Kier alpha value is -2.53. The molecule has 0 bridgehead atoms. The first kappa shape index (κ1) is 18.3. The van der Waals surface area contributed by atoms with Gasteiger partial charge in [0.05, 0.1) is 10.7 Å². The second-order valence-corrected chi connectivity index (χ2v) is 7.11. The van der Waals surface area contributed by atoms with Gasteiger partial charge in [-0.15, -0.1) is 0 Å². The maximum absolute atomic E-state index is 12.2. The number of anilines is 2. The quantitative estimate of drug-likeness (QED) is 0.832. The van der Waals surface area contributed by atoms with Crippen molar-refractivity contribution in [3.63, 3.8) is 0 Å². The summed E-state index contributed by atoms with van der Waals surface area (Å²) in [5.41, 5.74) is 3.53. The third-order valence-corrected chi connectivity index (χ3v) is 4.73. The largest absolute Gasteiger partial charge is 0.338 e. The van der Waals surface area contributed by atoms with Gasteiger partial charge in [0.15, 0.2) is 0 Å². The van der Waals surface area contributed by atoms with E-state index >= 15 is 0 Å². The van der Waals surface area contributed by atoms with E-state index in [0.29, 0.717) is 22.9 Å². The van der Waals surface area contributed by atoms with E-state index in [0.717, 1.165) is 18.5 Å². The van der Waals surface area contributed by atoms with Crippen LogP contribution in [0.2, 0.25) is 5.02 Å². The lowest BCUT2D eigenvalue weighted by atomic mass is 9.98. The summed E-state index contributed by atoms with van der Waals surface area (Å²) in [6.45, 7) is 5.14. The first-order valence-electron chi connectivity index (χ1n) is 8.67. The first-order valence-corrected chi connectivity index (χ1v) is 9.05. The summed E-state index contributed by atoms with van der Waals surface area (Å²) in [5.74, 6) is 0.143. The number of halogens is 1. The van der Waals surface area contributed by atoms with Gasteiger partial charge in [0.25, 0.3) is 0 Å². The van der Waals surface area contributed by atoms with E-state index in [1.165, 1.54) is 5.56 Å². The highest BCUT2D eigenvalue weighted by atomic mass is 35.5. The maximum atomic E-state index is 12.2. The van der Waals surface area contributed by atoms with Gasteiger partial charge < -0.3 is 15.5 Å². The fourth-order valence-electron chi connectivity index (χ4n) is 3.04. The van der Waals surface area contributed by atoms with Crippen molar-refractivity contribution >= 4 is 34.9 Å². The van der Waals surface area contributed by atoms with Crippen molar-refractivity contribution in [1.29, 1.82) is 0 Å². The molecule has 136 valence electrons. The molecule has 0 radical (unpaired) electrons. The van der Waals surface area contributed by atoms with Crippen LogP contribution in [0.15, 0.2) is 42.5 Å². The van der Waals surface area contributed by atoms with E-state index in [1.807, 2.05) is 36.9 Å². The Kier molecular flexibility index (Phi) is 5.47. The first-order chi connectivity index (χ1) is 12.4. The number of urea groups is 1. The summed E-state index contributed by atoms with van der Waals surface area (Å²) < 4.78 is 0. The molecule has 0 saturated heterocycles. The van der Waals surface area contributed by atoms with Crippen LogP contribution in [0.25, 0.3) is 0 Å². The van der Waals surface area contributed by atoms with Crippen molar-refractivity contribution < 1.29 is 9.59 Å². The zero-order valence-electron chi connectivity index (χ0n) is 14.9. The van der Waals surface area contributed by atoms with Crippen molar-refractivity contribution in [1.82, 2.24) is 4.90 Å². The van der Waals surface area contributed by atoms with Gasteiger partial charge in [0, 0.05) is 24.7 Å². The fourth-order valence-corrected chi connectivity index (χ4v) is 3.22. The van der Waals surface area contributed by atoms with Gasteiger partial charge >= 0.3 is 6.03 Å². The monoisotopic (exact) mass is 371 g/mol. The minimum atomic E-state index is -0.357. The second-order valence-electron chi connectivity index (χ2n) is 6.71.